The van der Waals surface area contributed by atoms with Crippen LogP contribution in [-0.4, -0.2) is 18.8 Å². The lowest BCUT2D eigenvalue weighted by atomic mass is 9.83. The summed E-state index contributed by atoms with van der Waals surface area (Å²) < 4.78 is 45.2. The molecule has 0 aliphatic carbocycles. The topological polar surface area (TPSA) is 29.5 Å². The van der Waals surface area contributed by atoms with E-state index in [1.165, 1.54) is 13.2 Å². The van der Waals surface area contributed by atoms with Gasteiger partial charge < -0.3 is 9.84 Å². The Kier molecular flexibility index (Phi) is 3.96. The molecule has 0 radical (unpaired) electrons. The highest BCUT2D eigenvalue weighted by molar-refractivity contribution is 5.44. The molecule has 18 heavy (non-hydrogen) atoms. The van der Waals surface area contributed by atoms with Crippen molar-refractivity contribution in [2.45, 2.75) is 32.1 Å². The fourth-order valence-electron chi connectivity index (χ4n) is 1.64. The molecule has 1 aromatic carbocycles. The second-order valence-electron chi connectivity index (χ2n) is 4.97. The summed E-state index contributed by atoms with van der Waals surface area (Å²) >= 11 is 0. The molecule has 102 valence electrons. The molecule has 5 heteroatoms. The van der Waals surface area contributed by atoms with Gasteiger partial charge in [-0.2, -0.15) is 0 Å². The zero-order valence-electron chi connectivity index (χ0n) is 10.9. The maximum absolute atomic E-state index is 13.8. The summed E-state index contributed by atoms with van der Waals surface area (Å²) in [4.78, 5) is 0. The van der Waals surface area contributed by atoms with Crippen LogP contribution in [0, 0.1) is 5.82 Å². The molecule has 0 aliphatic heterocycles. The number of aliphatic hydroxyl groups is 1. The molecule has 0 bridgehead atoms. The monoisotopic (exact) mass is 262 g/mol. The molecule has 0 saturated heterocycles. The van der Waals surface area contributed by atoms with E-state index in [9.17, 15) is 18.3 Å². The van der Waals surface area contributed by atoms with Crippen LogP contribution in [0.5, 0.6) is 5.75 Å². The van der Waals surface area contributed by atoms with E-state index in [0.29, 0.717) is 6.92 Å². The number of ether oxygens (including phenoxy) is 1. The minimum atomic E-state index is -3.15. The number of benzene rings is 1. The first-order chi connectivity index (χ1) is 8.13. The van der Waals surface area contributed by atoms with Crippen LogP contribution < -0.4 is 4.74 Å². The van der Waals surface area contributed by atoms with Crippen LogP contribution in [-0.2, 0) is 11.3 Å². The van der Waals surface area contributed by atoms with E-state index < -0.39 is 22.7 Å². The third-order valence-electron chi connectivity index (χ3n) is 2.88. The van der Waals surface area contributed by atoms with Gasteiger partial charge in [-0.05, 0) is 12.1 Å². The Labute approximate surface area is 104 Å². The molecule has 0 aromatic heterocycles. The van der Waals surface area contributed by atoms with Crippen LogP contribution in [0.3, 0.4) is 0 Å². The number of rotatable bonds is 4. The summed E-state index contributed by atoms with van der Waals surface area (Å²) in [5, 5.41) is 9.29. The molecule has 0 heterocycles. The first kappa shape index (κ1) is 14.8. The molecule has 0 atom stereocenters. The Balaban J connectivity index is 3.52. The van der Waals surface area contributed by atoms with E-state index in [-0.39, 0.29) is 17.9 Å². The lowest BCUT2D eigenvalue weighted by molar-refractivity contribution is 0.0168. The average molecular weight is 262 g/mol. The van der Waals surface area contributed by atoms with Crippen LogP contribution in [0.2, 0.25) is 0 Å². The zero-order chi connectivity index (χ0) is 14.1. The van der Waals surface area contributed by atoms with Gasteiger partial charge in [0, 0.05) is 23.5 Å². The summed E-state index contributed by atoms with van der Waals surface area (Å²) in [5.74, 6) is -4.11. The van der Waals surface area contributed by atoms with Crippen LogP contribution in [0.25, 0.3) is 0 Å². The molecule has 0 amide bonds. The Morgan fingerprint density at radius 3 is 2.17 bits per heavy atom. The van der Waals surface area contributed by atoms with Crippen molar-refractivity contribution < 1.29 is 23.0 Å². The van der Waals surface area contributed by atoms with Crippen molar-refractivity contribution in [3.8, 4) is 5.75 Å². The Morgan fingerprint density at radius 2 is 1.78 bits per heavy atom. The van der Waals surface area contributed by atoms with Gasteiger partial charge in [-0.3, -0.25) is 0 Å². The molecule has 0 fully saturated rings. The van der Waals surface area contributed by atoms with E-state index in [4.69, 9.17) is 4.74 Å². The van der Waals surface area contributed by atoms with Gasteiger partial charge in [0.1, 0.15) is 0 Å². The molecule has 1 aromatic rings. The van der Waals surface area contributed by atoms with Crippen LogP contribution >= 0.6 is 0 Å². The number of methoxy groups -OCH3 is 1. The van der Waals surface area contributed by atoms with Crippen LogP contribution in [0.15, 0.2) is 12.1 Å². The van der Waals surface area contributed by atoms with Crippen LogP contribution in [0.4, 0.5) is 13.2 Å². The van der Waals surface area contributed by atoms with Crippen LogP contribution in [0.1, 0.15) is 31.9 Å². The molecular formula is C13H17F3O2. The lowest BCUT2D eigenvalue weighted by Gasteiger charge is -2.26. The van der Waals surface area contributed by atoms with Gasteiger partial charge in [0.15, 0.2) is 11.6 Å². The van der Waals surface area contributed by atoms with Gasteiger partial charge in [0.05, 0.1) is 13.7 Å². The summed E-state index contributed by atoms with van der Waals surface area (Å²) in [6.07, 6.45) is 0. The van der Waals surface area contributed by atoms with Gasteiger partial charge in [-0.25, -0.2) is 13.2 Å². The molecule has 0 spiro atoms. The van der Waals surface area contributed by atoms with Gasteiger partial charge in [-0.15, -0.1) is 0 Å². The second kappa shape index (κ2) is 4.80. The first-order valence-electron chi connectivity index (χ1n) is 5.50. The molecule has 0 saturated carbocycles. The van der Waals surface area contributed by atoms with E-state index in [0.717, 1.165) is 6.07 Å². The van der Waals surface area contributed by atoms with Gasteiger partial charge >= 0.3 is 0 Å². The van der Waals surface area contributed by atoms with E-state index in [2.05, 4.69) is 0 Å². The van der Waals surface area contributed by atoms with Crippen molar-refractivity contribution in [1.29, 1.82) is 0 Å². The van der Waals surface area contributed by atoms with Gasteiger partial charge in [0.2, 0.25) is 0 Å². The molecule has 1 rings (SSSR count). The molecule has 1 N–H and O–H groups in total. The third-order valence-corrected chi connectivity index (χ3v) is 2.88. The first-order valence-corrected chi connectivity index (χ1v) is 5.50. The number of alkyl halides is 2. The average Bonchev–Trinajstić information content (AvgIpc) is 2.26. The van der Waals surface area contributed by atoms with Crippen molar-refractivity contribution in [2.24, 2.45) is 0 Å². The number of hydrogen-bond acceptors (Lipinski definition) is 2. The summed E-state index contributed by atoms with van der Waals surface area (Å²) in [7, 11) is 1.26. The van der Waals surface area contributed by atoms with Crippen molar-refractivity contribution in [3.63, 3.8) is 0 Å². The number of hydrogen-bond donors (Lipinski definition) is 1. The molecule has 2 nitrogen and oxygen atoms in total. The smallest absolute Gasteiger partial charge is 0.270 e. The largest absolute Gasteiger partial charge is 0.493 e. The minimum absolute atomic E-state index is 0.109. The SMILES string of the molecule is COc1c(F)cc(C(C)(F)F)cc1C(C)(C)CO. The predicted molar refractivity (Wildman–Crippen MR) is 62.6 cm³/mol. The summed E-state index contributed by atoms with van der Waals surface area (Å²) in [5.41, 5.74) is -1.07. The second-order valence-corrected chi connectivity index (χ2v) is 4.97. The summed E-state index contributed by atoms with van der Waals surface area (Å²) in [6, 6.07) is 1.94. The predicted octanol–water partition coefficient (Wildman–Crippen LogP) is 3.22. The number of halogens is 3. The van der Waals surface area contributed by atoms with Crippen molar-refractivity contribution in [1.82, 2.24) is 0 Å². The Bertz CT molecular complexity index is 437. The Hall–Kier alpha value is -1.23. The van der Waals surface area contributed by atoms with E-state index >= 15 is 0 Å². The summed E-state index contributed by atoms with van der Waals surface area (Å²) in [6.45, 7) is 3.65. The normalized spacial score (nSPS) is 12.7. The highest BCUT2D eigenvalue weighted by Gasteiger charge is 2.32. The minimum Gasteiger partial charge on any atom is -0.493 e. The Morgan fingerprint density at radius 1 is 1.22 bits per heavy atom. The van der Waals surface area contributed by atoms with E-state index in [1.54, 1.807) is 13.8 Å². The maximum atomic E-state index is 13.8. The van der Waals surface area contributed by atoms with Crippen molar-refractivity contribution >= 4 is 0 Å². The van der Waals surface area contributed by atoms with E-state index in [1.807, 2.05) is 0 Å². The lowest BCUT2D eigenvalue weighted by Crippen LogP contribution is -2.24. The zero-order valence-corrected chi connectivity index (χ0v) is 10.9. The quantitative estimate of drug-likeness (QED) is 0.902. The molecular weight excluding hydrogens is 245 g/mol. The highest BCUT2D eigenvalue weighted by atomic mass is 19.3. The highest BCUT2D eigenvalue weighted by Crippen LogP contribution is 2.38. The fourth-order valence-corrected chi connectivity index (χ4v) is 1.64. The third kappa shape index (κ3) is 2.77. The van der Waals surface area contributed by atoms with Crippen molar-refractivity contribution in [2.75, 3.05) is 13.7 Å². The van der Waals surface area contributed by atoms with Crippen molar-refractivity contribution in [3.05, 3.63) is 29.1 Å². The fraction of sp³-hybridized carbons (Fsp3) is 0.538. The molecule has 0 unspecified atom stereocenters. The standard InChI is InChI=1S/C13H17F3O2/c1-12(2,7-17)9-5-8(13(3,15)16)6-10(14)11(9)18-4/h5-6,17H,7H2,1-4H3. The van der Waals surface area contributed by atoms with Gasteiger partial charge in [-0.1, -0.05) is 13.8 Å². The molecule has 0 aliphatic rings. The number of aliphatic hydroxyl groups excluding tert-OH is 1. The maximum Gasteiger partial charge on any atom is 0.270 e. The van der Waals surface area contributed by atoms with Gasteiger partial charge in [0.25, 0.3) is 5.92 Å².